The summed E-state index contributed by atoms with van der Waals surface area (Å²) in [6, 6.07) is 11.0. The lowest BCUT2D eigenvalue weighted by Crippen LogP contribution is -2.27. The first-order valence-electron chi connectivity index (χ1n) is 5.83. The van der Waals surface area contributed by atoms with Gasteiger partial charge in [0.25, 0.3) is 0 Å². The lowest BCUT2D eigenvalue weighted by atomic mass is 9.90. The first-order chi connectivity index (χ1) is 8.58. The zero-order valence-electron chi connectivity index (χ0n) is 9.66. The molecule has 3 heteroatoms. The van der Waals surface area contributed by atoms with Gasteiger partial charge in [0.05, 0.1) is 0 Å². The summed E-state index contributed by atoms with van der Waals surface area (Å²) in [7, 11) is 0. The topological polar surface area (TPSA) is 20.2 Å². The molecule has 92 valence electrons. The summed E-state index contributed by atoms with van der Waals surface area (Å²) in [5.41, 5.74) is 0.939. The molecule has 3 rings (SSSR count). The predicted molar refractivity (Wildman–Crippen MR) is 64.1 cm³/mol. The summed E-state index contributed by atoms with van der Waals surface area (Å²) in [5, 5.41) is 10.6. The number of hydrogen-bond donors (Lipinski definition) is 1. The standard InChI is InChI=1S/C15H12F2O/c16-12-5-6-13(14(17)7-12)15(18)8-10-3-1-2-4-11(10)9-15/h1-7,18H,8-9H2. The molecular formula is C15H12F2O. The fourth-order valence-corrected chi connectivity index (χ4v) is 2.65. The minimum atomic E-state index is -1.26. The molecule has 0 amide bonds. The summed E-state index contributed by atoms with van der Waals surface area (Å²) in [6.07, 6.45) is 0.734. The molecule has 0 atom stereocenters. The Labute approximate surface area is 104 Å². The van der Waals surface area contributed by atoms with Crippen LogP contribution in [0.4, 0.5) is 8.78 Å². The van der Waals surface area contributed by atoms with E-state index in [9.17, 15) is 13.9 Å². The van der Waals surface area contributed by atoms with E-state index in [0.717, 1.165) is 17.2 Å². The van der Waals surface area contributed by atoms with E-state index in [-0.39, 0.29) is 5.56 Å². The van der Waals surface area contributed by atoms with Crippen molar-refractivity contribution in [2.45, 2.75) is 18.4 Å². The number of aliphatic hydroxyl groups is 1. The Hall–Kier alpha value is -1.74. The Morgan fingerprint density at radius 2 is 1.56 bits per heavy atom. The summed E-state index contributed by atoms with van der Waals surface area (Å²) in [5.74, 6) is -1.32. The third-order valence-electron chi connectivity index (χ3n) is 3.52. The molecular weight excluding hydrogens is 234 g/mol. The fourth-order valence-electron chi connectivity index (χ4n) is 2.65. The van der Waals surface area contributed by atoms with Crippen molar-refractivity contribution in [2.75, 3.05) is 0 Å². The van der Waals surface area contributed by atoms with E-state index in [0.29, 0.717) is 12.8 Å². The third kappa shape index (κ3) is 1.71. The molecule has 0 saturated carbocycles. The summed E-state index contributed by atoms with van der Waals surface area (Å²) in [4.78, 5) is 0. The monoisotopic (exact) mass is 246 g/mol. The van der Waals surface area contributed by atoms with E-state index in [2.05, 4.69) is 0 Å². The minimum Gasteiger partial charge on any atom is -0.384 e. The third-order valence-corrected chi connectivity index (χ3v) is 3.52. The van der Waals surface area contributed by atoms with Gasteiger partial charge in [0.2, 0.25) is 0 Å². The van der Waals surface area contributed by atoms with Gasteiger partial charge < -0.3 is 5.11 Å². The van der Waals surface area contributed by atoms with E-state index in [1.807, 2.05) is 24.3 Å². The van der Waals surface area contributed by atoms with Crippen LogP contribution in [0.15, 0.2) is 42.5 Å². The number of fused-ring (bicyclic) bond motifs is 1. The Morgan fingerprint density at radius 1 is 0.944 bits per heavy atom. The average Bonchev–Trinajstić information content (AvgIpc) is 2.65. The van der Waals surface area contributed by atoms with Crippen LogP contribution in [0, 0.1) is 11.6 Å². The average molecular weight is 246 g/mol. The lowest BCUT2D eigenvalue weighted by molar-refractivity contribution is 0.0444. The van der Waals surface area contributed by atoms with Gasteiger partial charge in [-0.25, -0.2) is 8.78 Å². The van der Waals surface area contributed by atoms with Gasteiger partial charge in [0, 0.05) is 24.5 Å². The van der Waals surface area contributed by atoms with Crippen LogP contribution in [-0.4, -0.2) is 5.11 Å². The second kappa shape index (κ2) is 3.89. The van der Waals surface area contributed by atoms with Crippen molar-refractivity contribution >= 4 is 0 Å². The Morgan fingerprint density at radius 3 is 2.11 bits per heavy atom. The molecule has 0 aromatic heterocycles. The minimum absolute atomic E-state index is 0.167. The fraction of sp³-hybridized carbons (Fsp3) is 0.200. The Balaban J connectivity index is 2.04. The zero-order valence-corrected chi connectivity index (χ0v) is 9.66. The van der Waals surface area contributed by atoms with Crippen LogP contribution in [0.3, 0.4) is 0 Å². The van der Waals surface area contributed by atoms with E-state index in [4.69, 9.17) is 0 Å². The maximum atomic E-state index is 13.8. The van der Waals surface area contributed by atoms with Crippen LogP contribution in [-0.2, 0) is 18.4 Å². The van der Waals surface area contributed by atoms with Gasteiger partial charge in [0.1, 0.15) is 17.2 Å². The number of benzene rings is 2. The van der Waals surface area contributed by atoms with Crippen molar-refractivity contribution in [3.05, 3.63) is 70.8 Å². The highest BCUT2D eigenvalue weighted by molar-refractivity contribution is 5.40. The van der Waals surface area contributed by atoms with E-state index >= 15 is 0 Å². The quantitative estimate of drug-likeness (QED) is 0.820. The van der Waals surface area contributed by atoms with E-state index < -0.39 is 17.2 Å². The maximum absolute atomic E-state index is 13.8. The molecule has 1 aliphatic carbocycles. The molecule has 0 unspecified atom stereocenters. The Kier molecular flexibility index (Phi) is 2.45. The van der Waals surface area contributed by atoms with Crippen LogP contribution in [0.2, 0.25) is 0 Å². The summed E-state index contributed by atoms with van der Waals surface area (Å²) < 4.78 is 26.7. The van der Waals surface area contributed by atoms with Gasteiger partial charge >= 0.3 is 0 Å². The summed E-state index contributed by atoms with van der Waals surface area (Å²) in [6.45, 7) is 0. The maximum Gasteiger partial charge on any atom is 0.132 e. The zero-order chi connectivity index (χ0) is 12.8. The van der Waals surface area contributed by atoms with Crippen LogP contribution >= 0.6 is 0 Å². The molecule has 0 fully saturated rings. The summed E-state index contributed by atoms with van der Waals surface area (Å²) >= 11 is 0. The highest BCUT2D eigenvalue weighted by Gasteiger charge is 2.38. The molecule has 18 heavy (non-hydrogen) atoms. The molecule has 1 nitrogen and oxygen atoms in total. The van der Waals surface area contributed by atoms with Crippen LogP contribution < -0.4 is 0 Å². The highest BCUT2D eigenvalue weighted by Crippen LogP contribution is 2.38. The molecule has 0 saturated heterocycles. The first kappa shape index (κ1) is 11.4. The van der Waals surface area contributed by atoms with Crippen LogP contribution in [0.1, 0.15) is 16.7 Å². The molecule has 2 aromatic carbocycles. The van der Waals surface area contributed by atoms with Gasteiger partial charge in [-0.2, -0.15) is 0 Å². The van der Waals surface area contributed by atoms with Crippen LogP contribution in [0.5, 0.6) is 0 Å². The number of rotatable bonds is 1. The van der Waals surface area contributed by atoms with Gasteiger partial charge in [-0.15, -0.1) is 0 Å². The van der Waals surface area contributed by atoms with Gasteiger partial charge in [-0.3, -0.25) is 0 Å². The molecule has 1 aliphatic rings. The highest BCUT2D eigenvalue weighted by atomic mass is 19.1. The van der Waals surface area contributed by atoms with Gasteiger partial charge in [-0.05, 0) is 17.2 Å². The van der Waals surface area contributed by atoms with E-state index in [1.165, 1.54) is 12.1 Å². The largest absolute Gasteiger partial charge is 0.384 e. The number of halogens is 2. The van der Waals surface area contributed by atoms with E-state index in [1.54, 1.807) is 0 Å². The molecule has 2 aromatic rings. The van der Waals surface area contributed by atoms with Gasteiger partial charge in [0.15, 0.2) is 0 Å². The van der Waals surface area contributed by atoms with Crippen LogP contribution in [0.25, 0.3) is 0 Å². The van der Waals surface area contributed by atoms with Gasteiger partial charge in [-0.1, -0.05) is 30.3 Å². The molecule has 0 bridgehead atoms. The second-order valence-electron chi connectivity index (χ2n) is 4.78. The number of hydrogen-bond acceptors (Lipinski definition) is 1. The Bertz CT molecular complexity index is 582. The molecule has 0 aliphatic heterocycles. The normalized spacial score (nSPS) is 16.6. The molecule has 0 heterocycles. The van der Waals surface area contributed by atoms with Crippen molar-refractivity contribution in [2.24, 2.45) is 0 Å². The van der Waals surface area contributed by atoms with Crippen molar-refractivity contribution in [3.8, 4) is 0 Å². The van der Waals surface area contributed by atoms with Crippen molar-refractivity contribution in [1.29, 1.82) is 0 Å². The molecule has 0 spiro atoms. The SMILES string of the molecule is OC1(c2ccc(F)cc2F)Cc2ccccc2C1. The van der Waals surface area contributed by atoms with Crippen molar-refractivity contribution in [1.82, 2.24) is 0 Å². The lowest BCUT2D eigenvalue weighted by Gasteiger charge is -2.23. The molecule has 1 N–H and O–H groups in total. The smallest absolute Gasteiger partial charge is 0.132 e. The first-order valence-corrected chi connectivity index (χ1v) is 5.83. The van der Waals surface area contributed by atoms with Crippen molar-refractivity contribution in [3.63, 3.8) is 0 Å². The van der Waals surface area contributed by atoms with Crippen molar-refractivity contribution < 1.29 is 13.9 Å². The second-order valence-corrected chi connectivity index (χ2v) is 4.78. The predicted octanol–water partition coefficient (Wildman–Crippen LogP) is 2.95. The molecule has 0 radical (unpaired) electrons.